The van der Waals surface area contributed by atoms with Crippen LogP contribution in [-0.4, -0.2) is 39.0 Å². The van der Waals surface area contributed by atoms with Crippen molar-refractivity contribution in [3.05, 3.63) is 22.2 Å². The van der Waals surface area contributed by atoms with Gasteiger partial charge < -0.3 is 14.2 Å². The number of benzene rings is 1. The van der Waals surface area contributed by atoms with Crippen LogP contribution in [0.5, 0.6) is 0 Å². The Hall–Kier alpha value is -1.98. The van der Waals surface area contributed by atoms with E-state index in [1.807, 2.05) is 22.6 Å². The molecule has 0 N–H and O–H groups in total. The first-order valence-electron chi connectivity index (χ1n) is 5.83. The number of esters is 1. The Morgan fingerprint density at radius 2 is 2.33 bits per heavy atom. The molecule has 0 aliphatic heterocycles. The molecule has 0 amide bonds. The molecule has 0 bridgehead atoms. The van der Waals surface area contributed by atoms with E-state index in [-0.39, 0.29) is 27.2 Å². The number of non-ortho nitro benzene ring substituents is 1. The highest BCUT2D eigenvalue weighted by atomic mass is 127. The van der Waals surface area contributed by atoms with Gasteiger partial charge >= 0.3 is 11.7 Å². The van der Waals surface area contributed by atoms with Crippen molar-refractivity contribution in [3.63, 3.8) is 0 Å². The van der Waals surface area contributed by atoms with E-state index in [4.69, 9.17) is 9.26 Å². The number of hydrogen-bond donors (Lipinski definition) is 0. The van der Waals surface area contributed by atoms with Crippen LogP contribution in [0, 0.1) is 10.1 Å². The number of nitro groups is 1. The highest BCUT2D eigenvalue weighted by Gasteiger charge is 2.24. The minimum absolute atomic E-state index is 0.0169. The summed E-state index contributed by atoms with van der Waals surface area (Å²) in [5, 5.41) is 18.0. The molecule has 1 atom stereocenters. The van der Waals surface area contributed by atoms with E-state index in [1.54, 1.807) is 18.9 Å². The number of ether oxygens (including phenoxy) is 1. The fraction of sp³-hybridized carbons (Fsp3) is 0.364. The van der Waals surface area contributed by atoms with Crippen molar-refractivity contribution >= 4 is 51.0 Å². The molecular weight excluding hydrogens is 395 g/mol. The van der Waals surface area contributed by atoms with Gasteiger partial charge in [0.15, 0.2) is 11.7 Å². The molecule has 0 saturated carbocycles. The van der Waals surface area contributed by atoms with Gasteiger partial charge in [0.1, 0.15) is 0 Å². The molecule has 1 aromatic carbocycles. The monoisotopic (exact) mass is 406 g/mol. The molecule has 10 heteroatoms. The molecule has 0 radical (unpaired) electrons. The predicted molar refractivity (Wildman–Crippen MR) is 81.3 cm³/mol. The summed E-state index contributed by atoms with van der Waals surface area (Å²) in [7, 11) is 1.68. The van der Waals surface area contributed by atoms with E-state index in [1.165, 1.54) is 12.1 Å². The summed E-state index contributed by atoms with van der Waals surface area (Å²) >= 11 is 1.90. The number of halogens is 1. The van der Waals surface area contributed by atoms with Gasteiger partial charge in [-0.1, -0.05) is 22.6 Å². The number of nitrogens with zero attached hydrogens (tertiary/aromatic N) is 4. The summed E-state index contributed by atoms with van der Waals surface area (Å²) < 4.78 is 10.3. The zero-order valence-electron chi connectivity index (χ0n) is 11.1. The average Bonchev–Trinajstić information content (AvgIpc) is 2.94. The maximum Gasteiger partial charge on any atom is 0.317 e. The number of hydrogen-bond acceptors (Lipinski definition) is 8. The van der Waals surface area contributed by atoms with E-state index in [0.29, 0.717) is 5.69 Å². The Morgan fingerprint density at radius 3 is 2.95 bits per heavy atom. The number of carbonyl (C=O) groups excluding carboxylic acids is 1. The molecule has 0 aliphatic rings. The third-order valence-corrected chi connectivity index (χ3v) is 3.52. The van der Waals surface area contributed by atoms with E-state index in [2.05, 4.69) is 10.4 Å². The van der Waals surface area contributed by atoms with E-state index < -0.39 is 11.2 Å². The van der Waals surface area contributed by atoms with Gasteiger partial charge in [0.25, 0.3) is 5.58 Å². The van der Waals surface area contributed by atoms with Crippen LogP contribution < -0.4 is 4.90 Å². The molecule has 2 rings (SSSR count). The van der Waals surface area contributed by atoms with Crippen LogP contribution >= 0.6 is 22.6 Å². The molecule has 21 heavy (non-hydrogen) atoms. The Morgan fingerprint density at radius 1 is 1.62 bits per heavy atom. The van der Waals surface area contributed by atoms with Crippen molar-refractivity contribution < 1.29 is 19.0 Å². The van der Waals surface area contributed by atoms with Gasteiger partial charge in [-0.25, -0.2) is 0 Å². The standard InChI is InChI=1S/C11H11IN4O5/c1-6(20-9(17)5-12)15(2)7-3-4-8(16(18)19)11-10(7)13-14-21-11/h3-4,6H,5H2,1-2H3. The first kappa shape index (κ1) is 15.4. The quantitative estimate of drug-likeness (QED) is 0.185. The number of rotatable bonds is 5. The lowest BCUT2D eigenvalue weighted by molar-refractivity contribution is -0.383. The fourth-order valence-corrected chi connectivity index (χ4v) is 1.94. The van der Waals surface area contributed by atoms with Crippen LogP contribution in [0.3, 0.4) is 0 Å². The summed E-state index contributed by atoms with van der Waals surface area (Å²) in [5.74, 6) is -0.355. The number of alkyl halides is 1. The first-order valence-corrected chi connectivity index (χ1v) is 7.36. The van der Waals surface area contributed by atoms with Crippen LogP contribution in [0.25, 0.3) is 11.1 Å². The van der Waals surface area contributed by atoms with Gasteiger partial charge in [0, 0.05) is 18.4 Å². The molecule has 2 aromatic rings. The van der Waals surface area contributed by atoms with Crippen LogP contribution in [0.1, 0.15) is 6.92 Å². The second-order valence-corrected chi connectivity index (χ2v) is 4.91. The molecule has 0 fully saturated rings. The third kappa shape index (κ3) is 3.04. The summed E-state index contributed by atoms with van der Waals surface area (Å²) in [6.07, 6.45) is -0.561. The van der Waals surface area contributed by atoms with Crippen molar-refractivity contribution in [3.8, 4) is 0 Å². The van der Waals surface area contributed by atoms with Gasteiger partial charge in [-0.05, 0) is 13.0 Å². The first-order chi connectivity index (χ1) is 9.95. The zero-order valence-corrected chi connectivity index (χ0v) is 13.3. The van der Waals surface area contributed by atoms with Crippen LogP contribution in [0.2, 0.25) is 0 Å². The topological polar surface area (TPSA) is 112 Å². The van der Waals surface area contributed by atoms with Crippen LogP contribution in [0.4, 0.5) is 11.4 Å². The number of nitro benzene ring substituents is 1. The Labute approximate surface area is 132 Å². The van der Waals surface area contributed by atoms with Crippen molar-refractivity contribution in [2.75, 3.05) is 16.4 Å². The minimum atomic E-state index is -0.571. The fourth-order valence-electron chi connectivity index (χ4n) is 1.76. The molecule has 1 aromatic heterocycles. The van der Waals surface area contributed by atoms with Gasteiger partial charge in [-0.3, -0.25) is 14.9 Å². The second-order valence-electron chi connectivity index (χ2n) is 4.15. The Balaban J connectivity index is 2.38. The maximum absolute atomic E-state index is 11.3. The summed E-state index contributed by atoms with van der Waals surface area (Å²) in [4.78, 5) is 23.3. The zero-order chi connectivity index (χ0) is 15.6. The lowest BCUT2D eigenvalue weighted by Crippen LogP contribution is -2.33. The predicted octanol–water partition coefficient (Wildman–Crippen LogP) is 1.89. The largest absolute Gasteiger partial charge is 0.441 e. The maximum atomic E-state index is 11.3. The Bertz CT molecular complexity index is 688. The van der Waals surface area contributed by atoms with Gasteiger partial charge in [0.2, 0.25) is 0 Å². The van der Waals surface area contributed by atoms with Crippen LogP contribution in [-0.2, 0) is 9.53 Å². The highest BCUT2D eigenvalue weighted by molar-refractivity contribution is 14.1. The SMILES string of the molecule is CC(OC(=O)CI)N(C)c1ccc([N+](=O)[O-])c2onnc12. The van der Waals surface area contributed by atoms with Gasteiger partial charge in [-0.15, -0.1) is 5.10 Å². The molecule has 112 valence electrons. The molecule has 0 spiro atoms. The van der Waals surface area contributed by atoms with Gasteiger partial charge in [0.05, 0.1) is 15.0 Å². The number of aromatic nitrogens is 2. The lowest BCUT2D eigenvalue weighted by Gasteiger charge is -2.26. The minimum Gasteiger partial charge on any atom is -0.441 e. The summed E-state index contributed by atoms with van der Waals surface area (Å²) in [5.41, 5.74) is 0.524. The van der Waals surface area contributed by atoms with Gasteiger partial charge in [-0.2, -0.15) is 0 Å². The molecule has 9 nitrogen and oxygen atoms in total. The Kier molecular flexibility index (Phi) is 4.55. The van der Waals surface area contributed by atoms with Crippen LogP contribution in [0.15, 0.2) is 16.7 Å². The molecular formula is C11H11IN4O5. The molecule has 1 heterocycles. The molecule has 0 aliphatic carbocycles. The number of carbonyl (C=O) groups is 1. The van der Waals surface area contributed by atoms with E-state index >= 15 is 0 Å². The third-order valence-electron chi connectivity index (χ3n) is 2.90. The molecule has 0 saturated heterocycles. The van der Waals surface area contributed by atoms with E-state index in [0.717, 1.165) is 0 Å². The van der Waals surface area contributed by atoms with E-state index in [9.17, 15) is 14.9 Å². The van der Waals surface area contributed by atoms with Crippen molar-refractivity contribution in [2.45, 2.75) is 13.2 Å². The number of fused-ring (bicyclic) bond motifs is 1. The average molecular weight is 406 g/mol. The normalized spacial score (nSPS) is 12.1. The van der Waals surface area contributed by atoms with Crippen molar-refractivity contribution in [1.82, 2.24) is 10.4 Å². The second kappa shape index (κ2) is 6.20. The smallest absolute Gasteiger partial charge is 0.317 e. The summed E-state index contributed by atoms with van der Waals surface area (Å²) in [6.45, 7) is 1.69. The number of anilines is 1. The summed E-state index contributed by atoms with van der Waals surface area (Å²) in [6, 6.07) is 2.81. The highest BCUT2D eigenvalue weighted by Crippen LogP contribution is 2.32. The molecule has 1 unspecified atom stereocenters. The van der Waals surface area contributed by atoms with Crippen molar-refractivity contribution in [1.29, 1.82) is 0 Å². The van der Waals surface area contributed by atoms with Crippen molar-refractivity contribution in [2.24, 2.45) is 0 Å². The lowest BCUT2D eigenvalue weighted by atomic mass is 10.2.